The molecule has 0 saturated carbocycles. The molecule has 1 aromatic rings. The van der Waals surface area contributed by atoms with Crippen LogP contribution in [0.5, 0.6) is 0 Å². The number of imidazole rings is 1. The van der Waals surface area contributed by atoms with Crippen LogP contribution in [0.2, 0.25) is 0 Å². The molecule has 0 spiro atoms. The van der Waals surface area contributed by atoms with Gasteiger partial charge in [-0.15, -0.1) is 0 Å². The largest absolute Gasteiger partial charge is 0.396 e. The van der Waals surface area contributed by atoms with Gasteiger partial charge in [-0.2, -0.15) is 0 Å². The highest BCUT2D eigenvalue weighted by molar-refractivity contribution is 5.07. The lowest BCUT2D eigenvalue weighted by molar-refractivity contribution is 0.199. The molecular formula is C12H20N2O. The van der Waals surface area contributed by atoms with Gasteiger partial charge in [-0.1, -0.05) is 13.8 Å². The van der Waals surface area contributed by atoms with Gasteiger partial charge in [0.1, 0.15) is 5.82 Å². The van der Waals surface area contributed by atoms with Crippen molar-refractivity contribution < 1.29 is 5.11 Å². The van der Waals surface area contributed by atoms with Gasteiger partial charge in [0.2, 0.25) is 0 Å². The van der Waals surface area contributed by atoms with E-state index in [1.54, 1.807) is 0 Å². The molecule has 1 unspecified atom stereocenters. The molecule has 2 heterocycles. The lowest BCUT2D eigenvalue weighted by atomic mass is 9.99. The summed E-state index contributed by atoms with van der Waals surface area (Å²) >= 11 is 0. The van der Waals surface area contributed by atoms with Crippen LogP contribution in [0, 0.1) is 11.8 Å². The van der Waals surface area contributed by atoms with Crippen LogP contribution in [0.1, 0.15) is 31.8 Å². The fourth-order valence-corrected chi connectivity index (χ4v) is 2.22. The van der Waals surface area contributed by atoms with Gasteiger partial charge in [-0.05, 0) is 24.7 Å². The number of aliphatic hydroxyl groups excluding tert-OH is 1. The summed E-state index contributed by atoms with van der Waals surface area (Å²) in [5.41, 5.74) is 1.21. The van der Waals surface area contributed by atoms with Crippen molar-refractivity contribution in [1.29, 1.82) is 0 Å². The first kappa shape index (κ1) is 10.7. The molecule has 0 fully saturated rings. The first-order valence-corrected chi connectivity index (χ1v) is 5.84. The fourth-order valence-electron chi connectivity index (χ4n) is 2.22. The molecule has 1 aromatic heterocycles. The number of hydrogen-bond acceptors (Lipinski definition) is 2. The molecule has 0 saturated heterocycles. The molecule has 0 aromatic carbocycles. The van der Waals surface area contributed by atoms with Gasteiger partial charge in [0.05, 0.1) is 5.69 Å². The zero-order valence-electron chi connectivity index (χ0n) is 9.61. The summed E-state index contributed by atoms with van der Waals surface area (Å²) in [7, 11) is 0. The average molecular weight is 208 g/mol. The molecule has 84 valence electrons. The second-order valence-electron chi connectivity index (χ2n) is 4.98. The molecule has 1 aliphatic heterocycles. The summed E-state index contributed by atoms with van der Waals surface area (Å²) in [6.07, 6.45) is 5.27. The minimum atomic E-state index is 0.298. The van der Waals surface area contributed by atoms with Crippen LogP contribution in [-0.2, 0) is 19.4 Å². The van der Waals surface area contributed by atoms with Crippen molar-refractivity contribution in [3.8, 4) is 0 Å². The molecule has 3 heteroatoms. The topological polar surface area (TPSA) is 38.0 Å². The van der Waals surface area contributed by atoms with Crippen LogP contribution in [0.25, 0.3) is 0 Å². The van der Waals surface area contributed by atoms with Crippen molar-refractivity contribution in [2.24, 2.45) is 11.8 Å². The smallest absolute Gasteiger partial charge is 0.109 e. The Bertz CT molecular complexity index is 330. The van der Waals surface area contributed by atoms with Crippen LogP contribution in [-0.4, -0.2) is 21.3 Å². The highest BCUT2D eigenvalue weighted by atomic mass is 16.3. The third kappa shape index (κ3) is 2.40. The average Bonchev–Trinajstić information content (AvgIpc) is 2.57. The zero-order chi connectivity index (χ0) is 10.8. The van der Waals surface area contributed by atoms with E-state index in [4.69, 9.17) is 5.11 Å². The SMILES string of the molecule is CC(C)Cc1cn2c(n1)CC(CO)CC2. The lowest BCUT2D eigenvalue weighted by Gasteiger charge is -2.20. The number of aryl methyl sites for hydroxylation is 1. The molecule has 3 nitrogen and oxygen atoms in total. The summed E-state index contributed by atoms with van der Waals surface area (Å²) in [4.78, 5) is 4.64. The van der Waals surface area contributed by atoms with Crippen molar-refractivity contribution in [2.75, 3.05) is 6.61 Å². The molecular weight excluding hydrogens is 188 g/mol. The molecule has 1 aliphatic rings. The Kier molecular flexibility index (Phi) is 3.10. The maximum atomic E-state index is 9.13. The van der Waals surface area contributed by atoms with E-state index in [0.717, 1.165) is 31.6 Å². The van der Waals surface area contributed by atoms with E-state index in [-0.39, 0.29) is 0 Å². The Labute approximate surface area is 91.1 Å². The number of nitrogens with zero attached hydrogens (tertiary/aromatic N) is 2. The molecule has 0 amide bonds. The highest BCUT2D eigenvalue weighted by Gasteiger charge is 2.19. The monoisotopic (exact) mass is 208 g/mol. The Morgan fingerprint density at radius 2 is 2.40 bits per heavy atom. The molecule has 0 radical (unpaired) electrons. The third-order valence-corrected chi connectivity index (χ3v) is 3.03. The van der Waals surface area contributed by atoms with Crippen LogP contribution in [0.15, 0.2) is 6.20 Å². The van der Waals surface area contributed by atoms with Gasteiger partial charge in [0, 0.05) is 25.8 Å². The molecule has 15 heavy (non-hydrogen) atoms. The number of aliphatic hydroxyl groups is 1. The quantitative estimate of drug-likeness (QED) is 0.820. The van der Waals surface area contributed by atoms with Gasteiger partial charge in [0.15, 0.2) is 0 Å². The normalized spacial score (nSPS) is 20.7. The zero-order valence-corrected chi connectivity index (χ0v) is 9.61. The van der Waals surface area contributed by atoms with Crippen LogP contribution >= 0.6 is 0 Å². The van der Waals surface area contributed by atoms with E-state index < -0.39 is 0 Å². The first-order valence-electron chi connectivity index (χ1n) is 5.84. The van der Waals surface area contributed by atoms with E-state index in [1.165, 1.54) is 5.69 Å². The number of fused-ring (bicyclic) bond motifs is 1. The minimum absolute atomic E-state index is 0.298. The van der Waals surface area contributed by atoms with Crippen molar-refractivity contribution >= 4 is 0 Å². The van der Waals surface area contributed by atoms with Gasteiger partial charge >= 0.3 is 0 Å². The Morgan fingerprint density at radius 1 is 1.60 bits per heavy atom. The summed E-state index contributed by atoms with van der Waals surface area (Å²) in [5, 5.41) is 9.13. The lowest BCUT2D eigenvalue weighted by Crippen LogP contribution is -2.21. The van der Waals surface area contributed by atoms with Gasteiger partial charge in [-0.25, -0.2) is 4.98 Å². The molecule has 1 atom stereocenters. The van der Waals surface area contributed by atoms with E-state index in [2.05, 4.69) is 29.6 Å². The summed E-state index contributed by atoms with van der Waals surface area (Å²) < 4.78 is 2.25. The Morgan fingerprint density at radius 3 is 3.07 bits per heavy atom. The summed E-state index contributed by atoms with van der Waals surface area (Å²) in [6, 6.07) is 0. The van der Waals surface area contributed by atoms with E-state index in [1.807, 2.05) is 0 Å². The third-order valence-electron chi connectivity index (χ3n) is 3.03. The molecule has 1 N–H and O–H groups in total. The van der Waals surface area contributed by atoms with Crippen LogP contribution in [0.3, 0.4) is 0 Å². The second-order valence-corrected chi connectivity index (χ2v) is 4.98. The van der Waals surface area contributed by atoms with Crippen molar-refractivity contribution in [3.63, 3.8) is 0 Å². The second kappa shape index (κ2) is 4.35. The predicted molar refractivity (Wildman–Crippen MR) is 59.7 cm³/mol. The van der Waals surface area contributed by atoms with Gasteiger partial charge in [0.25, 0.3) is 0 Å². The molecule has 0 bridgehead atoms. The van der Waals surface area contributed by atoms with E-state index >= 15 is 0 Å². The maximum absolute atomic E-state index is 9.13. The van der Waals surface area contributed by atoms with Crippen LogP contribution < -0.4 is 0 Å². The van der Waals surface area contributed by atoms with Gasteiger partial charge < -0.3 is 9.67 Å². The number of aromatic nitrogens is 2. The first-order chi connectivity index (χ1) is 7.19. The van der Waals surface area contributed by atoms with E-state index in [9.17, 15) is 0 Å². The van der Waals surface area contributed by atoms with Crippen LogP contribution in [0.4, 0.5) is 0 Å². The van der Waals surface area contributed by atoms with Crippen molar-refractivity contribution in [1.82, 2.24) is 9.55 Å². The van der Waals surface area contributed by atoms with Crippen molar-refractivity contribution in [3.05, 3.63) is 17.7 Å². The number of rotatable bonds is 3. The minimum Gasteiger partial charge on any atom is -0.396 e. The fraction of sp³-hybridized carbons (Fsp3) is 0.750. The van der Waals surface area contributed by atoms with E-state index in [0.29, 0.717) is 18.4 Å². The highest BCUT2D eigenvalue weighted by Crippen LogP contribution is 2.20. The van der Waals surface area contributed by atoms with Crippen molar-refractivity contribution in [2.45, 2.75) is 39.7 Å². The predicted octanol–water partition coefficient (Wildman–Crippen LogP) is 1.64. The van der Waals surface area contributed by atoms with Gasteiger partial charge in [-0.3, -0.25) is 0 Å². The molecule has 2 rings (SSSR count). The Hall–Kier alpha value is -0.830. The standard InChI is InChI=1S/C12H20N2O/c1-9(2)5-11-7-14-4-3-10(8-15)6-12(14)13-11/h7,9-10,15H,3-6,8H2,1-2H3. The summed E-state index contributed by atoms with van der Waals surface area (Å²) in [5.74, 6) is 2.25. The Balaban J connectivity index is 2.11. The maximum Gasteiger partial charge on any atom is 0.109 e. The summed E-state index contributed by atoms with van der Waals surface area (Å²) in [6.45, 7) is 5.75. The molecule has 0 aliphatic carbocycles. The number of hydrogen-bond donors (Lipinski definition) is 1.